The van der Waals surface area contributed by atoms with Crippen molar-refractivity contribution < 1.29 is 0 Å². The summed E-state index contributed by atoms with van der Waals surface area (Å²) in [6.45, 7) is 3.14. The van der Waals surface area contributed by atoms with E-state index >= 15 is 0 Å². The van der Waals surface area contributed by atoms with E-state index < -0.39 is 0 Å². The first-order valence-electron chi connectivity index (χ1n) is 3.53. The Balaban J connectivity index is 2.54. The quantitative estimate of drug-likeness (QED) is 0.567. The number of nitrogens with zero attached hydrogens (tertiary/aromatic N) is 2. The van der Waals surface area contributed by atoms with Gasteiger partial charge in [-0.2, -0.15) is 5.10 Å². The third kappa shape index (κ3) is 0.609. The Hall–Kier alpha value is -0.830. The van der Waals surface area contributed by atoms with Gasteiger partial charge in [-0.15, -0.1) is 0 Å². The average Bonchev–Trinajstić information content (AvgIpc) is 2.40. The molecule has 0 spiro atoms. The van der Waals surface area contributed by atoms with Crippen LogP contribution in [0.4, 0.5) is 0 Å². The van der Waals surface area contributed by atoms with Crippen molar-refractivity contribution in [3.05, 3.63) is 17.5 Å². The number of hydrogen-bond acceptors (Lipinski definition) is 2. The van der Waals surface area contributed by atoms with Gasteiger partial charge in [0.05, 0.1) is 11.9 Å². The van der Waals surface area contributed by atoms with Crippen molar-refractivity contribution in [2.24, 2.45) is 7.05 Å². The zero-order chi connectivity index (χ0) is 7.14. The third-order valence-corrected chi connectivity index (χ3v) is 2.07. The minimum Gasteiger partial charge on any atom is -0.305 e. The number of aryl methyl sites for hydroxylation is 1. The van der Waals surface area contributed by atoms with Crippen molar-refractivity contribution in [3.8, 4) is 0 Å². The van der Waals surface area contributed by atoms with Crippen molar-refractivity contribution in [2.75, 3.05) is 0 Å². The highest BCUT2D eigenvalue weighted by Crippen LogP contribution is 2.22. The molecule has 0 radical (unpaired) electrons. The van der Waals surface area contributed by atoms with Crippen LogP contribution in [0, 0.1) is 0 Å². The lowest BCUT2D eigenvalue weighted by molar-refractivity contribution is 0.575. The van der Waals surface area contributed by atoms with Gasteiger partial charge in [0.2, 0.25) is 0 Å². The summed E-state index contributed by atoms with van der Waals surface area (Å²) in [6, 6.07) is 0.475. The van der Waals surface area contributed by atoms with E-state index in [0.717, 1.165) is 6.54 Å². The van der Waals surface area contributed by atoms with Crippen molar-refractivity contribution in [2.45, 2.75) is 19.5 Å². The molecule has 3 heteroatoms. The highest BCUT2D eigenvalue weighted by molar-refractivity contribution is 5.24. The topological polar surface area (TPSA) is 29.9 Å². The SMILES string of the molecule is CC1NCc2cnn(C)c21. The molecule has 2 rings (SSSR count). The lowest BCUT2D eigenvalue weighted by Crippen LogP contribution is -2.11. The van der Waals surface area contributed by atoms with Crippen LogP contribution in [0.5, 0.6) is 0 Å². The summed E-state index contributed by atoms with van der Waals surface area (Å²) in [5, 5.41) is 7.51. The van der Waals surface area contributed by atoms with Crippen LogP contribution in [0.3, 0.4) is 0 Å². The van der Waals surface area contributed by atoms with E-state index in [2.05, 4.69) is 17.3 Å². The van der Waals surface area contributed by atoms with E-state index in [0.29, 0.717) is 6.04 Å². The molecular weight excluding hydrogens is 126 g/mol. The van der Waals surface area contributed by atoms with Crippen LogP contribution in [-0.4, -0.2) is 9.78 Å². The highest BCUT2D eigenvalue weighted by Gasteiger charge is 2.20. The van der Waals surface area contributed by atoms with Gasteiger partial charge < -0.3 is 5.32 Å². The second kappa shape index (κ2) is 1.83. The van der Waals surface area contributed by atoms with Gasteiger partial charge in [-0.05, 0) is 6.92 Å². The molecule has 0 saturated carbocycles. The molecule has 1 aliphatic rings. The van der Waals surface area contributed by atoms with E-state index in [9.17, 15) is 0 Å². The summed E-state index contributed by atoms with van der Waals surface area (Å²) < 4.78 is 1.94. The van der Waals surface area contributed by atoms with Crippen molar-refractivity contribution >= 4 is 0 Å². The second-order valence-corrected chi connectivity index (χ2v) is 2.78. The van der Waals surface area contributed by atoms with Crippen molar-refractivity contribution in [1.29, 1.82) is 0 Å². The fraction of sp³-hybridized carbons (Fsp3) is 0.571. The monoisotopic (exact) mass is 137 g/mol. The summed E-state index contributed by atoms with van der Waals surface area (Å²) in [6.07, 6.45) is 1.94. The zero-order valence-corrected chi connectivity index (χ0v) is 6.26. The summed E-state index contributed by atoms with van der Waals surface area (Å²) in [7, 11) is 1.99. The molecule has 1 aromatic heterocycles. The van der Waals surface area contributed by atoms with Crippen LogP contribution < -0.4 is 5.32 Å². The Morgan fingerprint density at radius 3 is 3.30 bits per heavy atom. The molecule has 1 atom stereocenters. The van der Waals surface area contributed by atoms with Gasteiger partial charge in [0.1, 0.15) is 0 Å². The molecule has 1 unspecified atom stereocenters. The minimum atomic E-state index is 0.475. The molecule has 10 heavy (non-hydrogen) atoms. The van der Waals surface area contributed by atoms with Gasteiger partial charge in [0, 0.05) is 25.2 Å². The van der Waals surface area contributed by atoms with Gasteiger partial charge in [-0.1, -0.05) is 0 Å². The molecule has 54 valence electrons. The molecule has 2 heterocycles. The molecule has 1 N–H and O–H groups in total. The Labute approximate surface area is 60.0 Å². The maximum Gasteiger partial charge on any atom is 0.0592 e. The fourth-order valence-electron chi connectivity index (χ4n) is 1.55. The lowest BCUT2D eigenvalue weighted by atomic mass is 10.2. The second-order valence-electron chi connectivity index (χ2n) is 2.78. The molecule has 0 aliphatic carbocycles. The predicted octanol–water partition coefficient (Wildman–Crippen LogP) is 0.584. The molecular formula is C7H11N3. The fourth-order valence-corrected chi connectivity index (χ4v) is 1.55. The molecule has 0 saturated heterocycles. The number of fused-ring (bicyclic) bond motifs is 1. The van der Waals surface area contributed by atoms with Crippen molar-refractivity contribution in [1.82, 2.24) is 15.1 Å². The maximum atomic E-state index is 4.17. The largest absolute Gasteiger partial charge is 0.305 e. The van der Waals surface area contributed by atoms with Crippen LogP contribution in [0.2, 0.25) is 0 Å². The third-order valence-electron chi connectivity index (χ3n) is 2.07. The lowest BCUT2D eigenvalue weighted by Gasteiger charge is -2.04. The molecule has 1 aromatic rings. The summed E-state index contributed by atoms with van der Waals surface area (Å²) in [5.41, 5.74) is 2.68. The molecule has 1 aliphatic heterocycles. The Morgan fingerprint density at radius 2 is 2.60 bits per heavy atom. The smallest absolute Gasteiger partial charge is 0.0592 e. The van der Waals surface area contributed by atoms with Crippen LogP contribution >= 0.6 is 0 Å². The Kier molecular flexibility index (Phi) is 1.08. The maximum absolute atomic E-state index is 4.17. The highest BCUT2D eigenvalue weighted by atomic mass is 15.3. The van der Waals surface area contributed by atoms with E-state index in [-0.39, 0.29) is 0 Å². The molecule has 0 fully saturated rings. The van der Waals surface area contributed by atoms with Gasteiger partial charge in [-0.25, -0.2) is 0 Å². The van der Waals surface area contributed by atoms with Crippen LogP contribution in [0.15, 0.2) is 6.20 Å². The van der Waals surface area contributed by atoms with Crippen LogP contribution in [-0.2, 0) is 13.6 Å². The summed E-state index contributed by atoms with van der Waals surface area (Å²) >= 11 is 0. The standard InChI is InChI=1S/C7H11N3/c1-5-7-6(3-8-5)4-9-10(7)2/h4-5,8H,3H2,1-2H3. The van der Waals surface area contributed by atoms with E-state index in [1.165, 1.54) is 11.3 Å². The van der Waals surface area contributed by atoms with Gasteiger partial charge in [0.25, 0.3) is 0 Å². The minimum absolute atomic E-state index is 0.475. The van der Waals surface area contributed by atoms with E-state index in [1.54, 1.807) is 0 Å². The number of hydrogen-bond donors (Lipinski definition) is 1. The first-order valence-corrected chi connectivity index (χ1v) is 3.53. The predicted molar refractivity (Wildman–Crippen MR) is 38.5 cm³/mol. The Bertz CT molecular complexity index is 251. The number of aromatic nitrogens is 2. The van der Waals surface area contributed by atoms with Gasteiger partial charge in [-0.3, -0.25) is 4.68 Å². The van der Waals surface area contributed by atoms with Crippen molar-refractivity contribution in [3.63, 3.8) is 0 Å². The number of nitrogens with one attached hydrogen (secondary N) is 1. The van der Waals surface area contributed by atoms with E-state index in [4.69, 9.17) is 0 Å². The average molecular weight is 137 g/mol. The summed E-state index contributed by atoms with van der Waals surface area (Å²) in [5.74, 6) is 0. The van der Waals surface area contributed by atoms with Gasteiger partial charge in [0.15, 0.2) is 0 Å². The van der Waals surface area contributed by atoms with Crippen LogP contribution in [0.1, 0.15) is 24.2 Å². The molecule has 3 nitrogen and oxygen atoms in total. The first kappa shape index (κ1) is 5.92. The molecule has 0 amide bonds. The molecule has 0 aromatic carbocycles. The molecule has 0 bridgehead atoms. The first-order chi connectivity index (χ1) is 4.79. The summed E-state index contributed by atoms with van der Waals surface area (Å²) in [4.78, 5) is 0. The van der Waals surface area contributed by atoms with Crippen LogP contribution in [0.25, 0.3) is 0 Å². The normalized spacial score (nSPS) is 23.2. The zero-order valence-electron chi connectivity index (χ0n) is 6.26. The van der Waals surface area contributed by atoms with Gasteiger partial charge >= 0.3 is 0 Å². The number of rotatable bonds is 0. The Morgan fingerprint density at radius 1 is 1.80 bits per heavy atom. The van der Waals surface area contributed by atoms with E-state index in [1.807, 2.05) is 17.9 Å².